The van der Waals surface area contributed by atoms with E-state index in [2.05, 4.69) is 15.3 Å². The first-order valence-electron chi connectivity index (χ1n) is 5.70. The molecule has 1 aromatic heterocycles. The second kappa shape index (κ2) is 6.77. The Morgan fingerprint density at radius 2 is 1.95 bits per heavy atom. The van der Waals surface area contributed by atoms with Crippen molar-refractivity contribution in [3.05, 3.63) is 60.4 Å². The van der Waals surface area contributed by atoms with Crippen LogP contribution >= 0.6 is 0 Å². The van der Waals surface area contributed by atoms with E-state index in [1.54, 1.807) is 30.7 Å². The van der Waals surface area contributed by atoms with E-state index in [1.807, 2.05) is 30.3 Å². The van der Waals surface area contributed by atoms with Gasteiger partial charge in [0.2, 0.25) is 0 Å². The highest BCUT2D eigenvalue weighted by atomic mass is 16.5. The Balaban J connectivity index is 2.05. The van der Waals surface area contributed by atoms with Gasteiger partial charge < -0.3 is 4.74 Å². The first kappa shape index (κ1) is 12.6. The highest BCUT2D eigenvalue weighted by molar-refractivity contribution is 5.77. The standard InChI is InChI=1S/C14H12N4O/c15-11-18-14(19-13-4-2-1-3-5-13)17-10-12-6-8-16-9-7-12/h1-9H,10H2,(H,17,18). The number of nitriles is 1. The SMILES string of the molecule is N#CNC(=NCc1ccncc1)Oc1ccccc1. The minimum absolute atomic E-state index is 0.172. The number of nitrogens with zero attached hydrogens (tertiary/aromatic N) is 3. The summed E-state index contributed by atoms with van der Waals surface area (Å²) >= 11 is 0. The fraction of sp³-hybridized carbons (Fsp3) is 0.0714. The molecule has 0 aliphatic heterocycles. The number of aromatic nitrogens is 1. The molecule has 2 rings (SSSR count). The Labute approximate surface area is 111 Å². The average molecular weight is 252 g/mol. The lowest BCUT2D eigenvalue weighted by atomic mass is 10.3. The number of aliphatic imine (C=N–C) groups is 1. The number of hydrogen-bond acceptors (Lipinski definition) is 4. The van der Waals surface area contributed by atoms with Crippen LogP contribution in [0.15, 0.2) is 59.9 Å². The Bertz CT molecular complexity index is 575. The third kappa shape index (κ3) is 4.13. The summed E-state index contributed by atoms with van der Waals surface area (Å²) in [4.78, 5) is 8.14. The topological polar surface area (TPSA) is 70.3 Å². The van der Waals surface area contributed by atoms with Crippen molar-refractivity contribution in [2.24, 2.45) is 4.99 Å². The number of benzene rings is 1. The fourth-order valence-electron chi connectivity index (χ4n) is 1.40. The number of rotatable bonds is 3. The lowest BCUT2D eigenvalue weighted by Gasteiger charge is -2.06. The van der Waals surface area contributed by atoms with E-state index in [0.29, 0.717) is 12.3 Å². The van der Waals surface area contributed by atoms with Gasteiger partial charge in [0.1, 0.15) is 5.75 Å². The Kier molecular flexibility index (Phi) is 4.48. The van der Waals surface area contributed by atoms with Crippen LogP contribution in [0.5, 0.6) is 5.75 Å². The third-order valence-electron chi connectivity index (χ3n) is 2.28. The lowest BCUT2D eigenvalue weighted by Crippen LogP contribution is -2.24. The number of nitrogens with one attached hydrogen (secondary N) is 1. The molecule has 0 bridgehead atoms. The molecule has 0 amide bonds. The second-order valence-electron chi connectivity index (χ2n) is 3.63. The maximum absolute atomic E-state index is 8.68. The van der Waals surface area contributed by atoms with Crippen LogP contribution in [0.4, 0.5) is 0 Å². The summed E-state index contributed by atoms with van der Waals surface area (Å²) in [5, 5.41) is 11.1. The summed E-state index contributed by atoms with van der Waals surface area (Å²) < 4.78 is 5.48. The first-order valence-corrected chi connectivity index (χ1v) is 5.70. The van der Waals surface area contributed by atoms with E-state index in [1.165, 1.54) is 0 Å². The fourth-order valence-corrected chi connectivity index (χ4v) is 1.40. The van der Waals surface area contributed by atoms with Gasteiger partial charge in [-0.3, -0.25) is 4.98 Å². The van der Waals surface area contributed by atoms with Crippen LogP contribution in [0.25, 0.3) is 0 Å². The number of para-hydroxylation sites is 1. The van der Waals surface area contributed by atoms with E-state index in [0.717, 1.165) is 5.56 Å². The summed E-state index contributed by atoms with van der Waals surface area (Å²) in [5.41, 5.74) is 0.990. The molecule has 0 fully saturated rings. The highest BCUT2D eigenvalue weighted by Gasteiger charge is 2.01. The van der Waals surface area contributed by atoms with Crippen LogP contribution in [0.3, 0.4) is 0 Å². The van der Waals surface area contributed by atoms with Crippen LogP contribution in [-0.4, -0.2) is 11.0 Å². The van der Waals surface area contributed by atoms with Crippen molar-refractivity contribution in [3.63, 3.8) is 0 Å². The molecule has 94 valence electrons. The van der Waals surface area contributed by atoms with Crippen molar-refractivity contribution in [1.29, 1.82) is 5.26 Å². The summed E-state index contributed by atoms with van der Waals surface area (Å²) in [6, 6.07) is 13.1. The molecule has 1 aromatic carbocycles. The van der Waals surface area contributed by atoms with E-state index in [4.69, 9.17) is 10.00 Å². The van der Waals surface area contributed by atoms with Crippen molar-refractivity contribution in [2.45, 2.75) is 6.54 Å². The van der Waals surface area contributed by atoms with E-state index >= 15 is 0 Å². The summed E-state index contributed by atoms with van der Waals surface area (Å²) in [6.07, 6.45) is 5.20. The van der Waals surface area contributed by atoms with Gasteiger partial charge in [-0.05, 0) is 29.8 Å². The average Bonchev–Trinajstić information content (AvgIpc) is 2.47. The predicted octanol–water partition coefficient (Wildman–Crippen LogP) is 2.09. The number of amidine groups is 1. The zero-order chi connectivity index (χ0) is 13.3. The molecule has 0 radical (unpaired) electrons. The maximum atomic E-state index is 8.68. The van der Waals surface area contributed by atoms with Crippen molar-refractivity contribution < 1.29 is 4.74 Å². The molecule has 5 heteroatoms. The predicted molar refractivity (Wildman–Crippen MR) is 71.2 cm³/mol. The molecule has 0 aliphatic rings. The van der Waals surface area contributed by atoms with E-state index in [-0.39, 0.29) is 6.02 Å². The molecular formula is C14H12N4O. The molecule has 1 N–H and O–H groups in total. The summed E-state index contributed by atoms with van der Waals surface area (Å²) in [6.45, 7) is 0.416. The van der Waals surface area contributed by atoms with Gasteiger partial charge in [-0.1, -0.05) is 18.2 Å². The van der Waals surface area contributed by atoms with Gasteiger partial charge in [-0.15, -0.1) is 0 Å². The molecule has 2 aromatic rings. The number of hydrogen-bond donors (Lipinski definition) is 1. The van der Waals surface area contributed by atoms with Crippen molar-refractivity contribution in [1.82, 2.24) is 10.3 Å². The molecule has 0 saturated carbocycles. The minimum atomic E-state index is 0.172. The molecule has 5 nitrogen and oxygen atoms in total. The van der Waals surface area contributed by atoms with Gasteiger partial charge >= 0.3 is 6.02 Å². The van der Waals surface area contributed by atoms with Crippen LogP contribution in [0, 0.1) is 11.5 Å². The molecule has 0 saturated heterocycles. The van der Waals surface area contributed by atoms with Gasteiger partial charge in [0.25, 0.3) is 0 Å². The van der Waals surface area contributed by atoms with Gasteiger partial charge in [0.05, 0.1) is 6.54 Å². The van der Waals surface area contributed by atoms with Crippen LogP contribution in [0.2, 0.25) is 0 Å². The Hall–Kier alpha value is -2.87. The molecule has 0 aliphatic carbocycles. The molecule has 1 heterocycles. The first-order chi connectivity index (χ1) is 9.38. The number of ether oxygens (including phenoxy) is 1. The maximum Gasteiger partial charge on any atom is 0.304 e. The summed E-state index contributed by atoms with van der Waals surface area (Å²) in [7, 11) is 0. The van der Waals surface area contributed by atoms with Gasteiger partial charge in [0.15, 0.2) is 6.19 Å². The molecule has 0 atom stereocenters. The third-order valence-corrected chi connectivity index (χ3v) is 2.28. The monoisotopic (exact) mass is 252 g/mol. The van der Waals surface area contributed by atoms with Gasteiger partial charge in [-0.25, -0.2) is 10.3 Å². The lowest BCUT2D eigenvalue weighted by molar-refractivity contribution is 0.526. The molecule has 0 spiro atoms. The van der Waals surface area contributed by atoms with Gasteiger partial charge in [0, 0.05) is 12.4 Å². The molecular weight excluding hydrogens is 240 g/mol. The Morgan fingerprint density at radius 1 is 1.21 bits per heavy atom. The quantitative estimate of drug-likeness (QED) is 0.393. The zero-order valence-corrected chi connectivity index (χ0v) is 10.2. The number of pyridine rings is 1. The van der Waals surface area contributed by atoms with Gasteiger partial charge in [-0.2, -0.15) is 5.26 Å². The van der Waals surface area contributed by atoms with E-state index in [9.17, 15) is 0 Å². The summed E-state index contributed by atoms with van der Waals surface area (Å²) in [5.74, 6) is 0.624. The molecule has 19 heavy (non-hydrogen) atoms. The van der Waals surface area contributed by atoms with Crippen LogP contribution in [-0.2, 0) is 6.54 Å². The van der Waals surface area contributed by atoms with Crippen LogP contribution in [0.1, 0.15) is 5.56 Å². The van der Waals surface area contributed by atoms with Crippen LogP contribution < -0.4 is 10.1 Å². The smallest absolute Gasteiger partial charge is 0.304 e. The van der Waals surface area contributed by atoms with Crippen molar-refractivity contribution >= 4 is 6.02 Å². The van der Waals surface area contributed by atoms with Crippen molar-refractivity contribution in [2.75, 3.05) is 0 Å². The highest BCUT2D eigenvalue weighted by Crippen LogP contribution is 2.08. The minimum Gasteiger partial charge on any atom is -0.425 e. The largest absolute Gasteiger partial charge is 0.425 e. The normalized spacial score (nSPS) is 10.6. The Morgan fingerprint density at radius 3 is 2.63 bits per heavy atom. The van der Waals surface area contributed by atoms with E-state index < -0.39 is 0 Å². The molecule has 0 unspecified atom stereocenters. The zero-order valence-electron chi connectivity index (χ0n) is 10.2. The second-order valence-corrected chi connectivity index (χ2v) is 3.63. The van der Waals surface area contributed by atoms with Crippen molar-refractivity contribution in [3.8, 4) is 11.9 Å².